The molecular weight excluding hydrogens is 293 g/mol. The van der Waals surface area contributed by atoms with Gasteiger partial charge in [0.2, 0.25) is 0 Å². The van der Waals surface area contributed by atoms with Crippen LogP contribution in [0.15, 0.2) is 53.4 Å². The number of rotatable bonds is 4. The fourth-order valence-corrected chi connectivity index (χ4v) is 2.31. The highest BCUT2D eigenvalue weighted by Crippen LogP contribution is 2.27. The summed E-state index contributed by atoms with van der Waals surface area (Å²) in [5, 5.41) is 3.33. The Labute approximate surface area is 126 Å². The van der Waals surface area contributed by atoms with Gasteiger partial charge in [-0.25, -0.2) is 9.37 Å². The second-order valence-corrected chi connectivity index (χ2v) is 5.03. The maximum atomic E-state index is 13.3. The number of hydrogen-bond donors (Lipinski definition) is 1. The molecule has 108 valence electrons. The van der Waals surface area contributed by atoms with Gasteiger partial charge in [0.1, 0.15) is 23.4 Å². The molecule has 0 aliphatic rings. The fraction of sp³-hybridized carbons (Fsp3) is 0.133. The second kappa shape index (κ2) is 5.61. The maximum Gasteiger partial charge on any atom is 0.143 e. The lowest BCUT2D eigenvalue weighted by molar-refractivity contribution is 0.488. The molecule has 0 amide bonds. The van der Waals surface area contributed by atoms with Crippen LogP contribution in [0.25, 0.3) is 0 Å². The number of nitrogens with zero attached hydrogens (tertiary/aromatic N) is 2. The lowest BCUT2D eigenvalue weighted by Gasteiger charge is -2.18. The molecule has 3 aromatic rings. The summed E-state index contributed by atoms with van der Waals surface area (Å²) in [5.41, 5.74) is 0.686. The van der Waals surface area contributed by atoms with Gasteiger partial charge in [-0.05, 0) is 30.3 Å². The van der Waals surface area contributed by atoms with E-state index in [9.17, 15) is 4.39 Å². The Balaban J connectivity index is 1.97. The van der Waals surface area contributed by atoms with Gasteiger partial charge in [-0.1, -0.05) is 11.6 Å². The molecule has 1 aromatic carbocycles. The SMILES string of the molecule is Cn1ccnc1C(Nc1ccc(F)c(Cl)c1)c1ccco1. The molecule has 1 unspecified atom stereocenters. The molecule has 0 saturated heterocycles. The lowest BCUT2D eigenvalue weighted by atomic mass is 10.2. The van der Waals surface area contributed by atoms with Crippen molar-refractivity contribution in [1.29, 1.82) is 0 Å². The molecule has 0 fully saturated rings. The van der Waals surface area contributed by atoms with Crippen molar-refractivity contribution in [2.45, 2.75) is 6.04 Å². The summed E-state index contributed by atoms with van der Waals surface area (Å²) in [6, 6.07) is 7.86. The highest BCUT2D eigenvalue weighted by Gasteiger charge is 2.21. The summed E-state index contributed by atoms with van der Waals surface area (Å²) in [5.74, 6) is 1.05. The highest BCUT2D eigenvalue weighted by molar-refractivity contribution is 6.31. The third kappa shape index (κ3) is 2.78. The number of anilines is 1. The van der Waals surface area contributed by atoms with Crippen molar-refractivity contribution < 1.29 is 8.81 Å². The minimum Gasteiger partial charge on any atom is -0.467 e. The van der Waals surface area contributed by atoms with Gasteiger partial charge in [0, 0.05) is 25.1 Å². The van der Waals surface area contributed by atoms with E-state index in [0.29, 0.717) is 11.4 Å². The molecular formula is C15H13ClFN3O. The van der Waals surface area contributed by atoms with Crippen LogP contribution in [0.4, 0.5) is 10.1 Å². The average molecular weight is 306 g/mol. The molecule has 0 spiro atoms. The Kier molecular flexibility index (Phi) is 3.66. The molecule has 21 heavy (non-hydrogen) atoms. The Morgan fingerprint density at radius 1 is 1.38 bits per heavy atom. The van der Waals surface area contributed by atoms with Gasteiger partial charge >= 0.3 is 0 Å². The van der Waals surface area contributed by atoms with Gasteiger partial charge in [0.05, 0.1) is 11.3 Å². The van der Waals surface area contributed by atoms with Crippen LogP contribution in [0.3, 0.4) is 0 Å². The van der Waals surface area contributed by atoms with E-state index >= 15 is 0 Å². The quantitative estimate of drug-likeness (QED) is 0.792. The lowest BCUT2D eigenvalue weighted by Crippen LogP contribution is -2.16. The van der Waals surface area contributed by atoms with Crippen LogP contribution >= 0.6 is 11.6 Å². The first-order valence-corrected chi connectivity index (χ1v) is 6.75. The second-order valence-electron chi connectivity index (χ2n) is 4.62. The predicted octanol–water partition coefficient (Wildman–Crippen LogP) is 4.01. The zero-order valence-corrected chi connectivity index (χ0v) is 12.0. The average Bonchev–Trinajstić information content (AvgIpc) is 3.12. The first-order chi connectivity index (χ1) is 10.1. The van der Waals surface area contributed by atoms with Crippen LogP contribution in [0.2, 0.25) is 5.02 Å². The summed E-state index contributed by atoms with van der Waals surface area (Å²) >= 11 is 5.82. The Morgan fingerprint density at radius 2 is 2.24 bits per heavy atom. The van der Waals surface area contributed by atoms with E-state index in [1.54, 1.807) is 18.5 Å². The van der Waals surface area contributed by atoms with E-state index in [2.05, 4.69) is 10.3 Å². The van der Waals surface area contributed by atoms with Gasteiger partial charge in [-0.15, -0.1) is 0 Å². The van der Waals surface area contributed by atoms with Crippen LogP contribution in [-0.2, 0) is 7.05 Å². The van der Waals surface area contributed by atoms with E-state index in [1.165, 1.54) is 12.1 Å². The highest BCUT2D eigenvalue weighted by atomic mass is 35.5. The predicted molar refractivity (Wildman–Crippen MR) is 78.8 cm³/mol. The van der Waals surface area contributed by atoms with Crippen molar-refractivity contribution in [2.75, 3.05) is 5.32 Å². The summed E-state index contributed by atoms with van der Waals surface area (Å²) in [6.07, 6.45) is 5.17. The largest absolute Gasteiger partial charge is 0.467 e. The zero-order valence-electron chi connectivity index (χ0n) is 11.3. The summed E-state index contributed by atoms with van der Waals surface area (Å²) in [6.45, 7) is 0. The smallest absolute Gasteiger partial charge is 0.143 e. The fourth-order valence-electron chi connectivity index (χ4n) is 2.13. The van der Waals surface area contributed by atoms with Gasteiger partial charge in [0.25, 0.3) is 0 Å². The van der Waals surface area contributed by atoms with Crippen LogP contribution in [0.1, 0.15) is 17.6 Å². The molecule has 0 aliphatic carbocycles. The van der Waals surface area contributed by atoms with Crippen molar-refractivity contribution in [3.8, 4) is 0 Å². The Hall–Kier alpha value is -2.27. The minimum absolute atomic E-state index is 0.0676. The molecule has 1 N–H and O–H groups in total. The number of aromatic nitrogens is 2. The van der Waals surface area contributed by atoms with Crippen LogP contribution < -0.4 is 5.32 Å². The van der Waals surface area contributed by atoms with Gasteiger partial charge in [-0.2, -0.15) is 0 Å². The summed E-state index contributed by atoms with van der Waals surface area (Å²) < 4.78 is 20.6. The van der Waals surface area contributed by atoms with Gasteiger partial charge < -0.3 is 14.3 Å². The van der Waals surface area contributed by atoms with Crippen molar-refractivity contribution in [3.63, 3.8) is 0 Å². The molecule has 0 saturated carbocycles. The maximum absolute atomic E-state index is 13.3. The molecule has 3 rings (SSSR count). The van der Waals surface area contributed by atoms with E-state index in [-0.39, 0.29) is 11.1 Å². The van der Waals surface area contributed by atoms with E-state index in [0.717, 1.165) is 5.82 Å². The number of aryl methyl sites for hydroxylation is 1. The first-order valence-electron chi connectivity index (χ1n) is 6.37. The zero-order chi connectivity index (χ0) is 14.8. The van der Waals surface area contributed by atoms with Gasteiger partial charge in [0.15, 0.2) is 0 Å². The van der Waals surface area contributed by atoms with Crippen LogP contribution in [-0.4, -0.2) is 9.55 Å². The van der Waals surface area contributed by atoms with Crippen molar-refractivity contribution in [1.82, 2.24) is 9.55 Å². The van der Waals surface area contributed by atoms with Crippen LogP contribution in [0.5, 0.6) is 0 Å². The Bertz CT molecular complexity index is 739. The number of imidazole rings is 1. The first kappa shape index (κ1) is 13.7. The third-order valence-corrected chi connectivity index (χ3v) is 3.46. The minimum atomic E-state index is -0.450. The summed E-state index contributed by atoms with van der Waals surface area (Å²) in [4.78, 5) is 4.34. The molecule has 2 aromatic heterocycles. The number of halogens is 2. The monoisotopic (exact) mass is 305 g/mol. The molecule has 1 atom stereocenters. The molecule has 0 aliphatic heterocycles. The summed E-state index contributed by atoms with van der Waals surface area (Å²) in [7, 11) is 1.90. The standard InChI is InChI=1S/C15H13ClFN3O/c1-20-7-6-18-15(20)14(13-3-2-8-21-13)19-10-4-5-12(17)11(16)9-10/h2-9,14,19H,1H3. The molecule has 0 bridgehead atoms. The Morgan fingerprint density at radius 3 is 2.86 bits per heavy atom. The molecule has 2 heterocycles. The van der Waals surface area contributed by atoms with E-state index < -0.39 is 5.82 Å². The van der Waals surface area contributed by atoms with E-state index in [1.807, 2.05) is 29.9 Å². The van der Waals surface area contributed by atoms with Gasteiger partial charge in [-0.3, -0.25) is 0 Å². The van der Waals surface area contributed by atoms with Crippen molar-refractivity contribution in [2.24, 2.45) is 7.05 Å². The molecule has 6 heteroatoms. The van der Waals surface area contributed by atoms with Crippen molar-refractivity contribution >= 4 is 17.3 Å². The number of benzene rings is 1. The number of furan rings is 1. The third-order valence-electron chi connectivity index (χ3n) is 3.17. The topological polar surface area (TPSA) is 43.0 Å². The van der Waals surface area contributed by atoms with E-state index in [4.69, 9.17) is 16.0 Å². The number of hydrogen-bond acceptors (Lipinski definition) is 3. The number of nitrogens with one attached hydrogen (secondary N) is 1. The normalized spacial score (nSPS) is 12.3. The van der Waals surface area contributed by atoms with Crippen molar-refractivity contribution in [3.05, 3.63) is 71.4 Å². The molecule has 4 nitrogen and oxygen atoms in total. The van der Waals surface area contributed by atoms with Crippen LogP contribution in [0, 0.1) is 5.82 Å². The molecule has 0 radical (unpaired) electrons.